The van der Waals surface area contributed by atoms with Gasteiger partial charge in [-0.15, -0.1) is 0 Å². The van der Waals surface area contributed by atoms with Crippen molar-refractivity contribution >= 4 is 5.82 Å². The van der Waals surface area contributed by atoms with Crippen molar-refractivity contribution in [2.24, 2.45) is 11.3 Å². The molecule has 144 valence electrons. The van der Waals surface area contributed by atoms with E-state index in [-0.39, 0.29) is 5.41 Å². The first-order valence-electron chi connectivity index (χ1n) is 10.2. The van der Waals surface area contributed by atoms with E-state index in [1.165, 1.54) is 31.2 Å². The molecule has 0 radical (unpaired) electrons. The number of piperidine rings is 1. The number of methoxy groups -OCH3 is 1. The van der Waals surface area contributed by atoms with Crippen molar-refractivity contribution in [3.05, 3.63) is 23.9 Å². The zero-order valence-electron chi connectivity index (χ0n) is 16.3. The SMILES string of the molecule is COC[C@@]12CC[C@@H](N3CCOCC3)C[C@H]1CCN(c1ncccc1C)C2. The van der Waals surface area contributed by atoms with Gasteiger partial charge in [0.05, 0.1) is 19.8 Å². The highest BCUT2D eigenvalue weighted by Crippen LogP contribution is 2.48. The average molecular weight is 360 g/mol. The minimum Gasteiger partial charge on any atom is -0.384 e. The summed E-state index contributed by atoms with van der Waals surface area (Å²) in [5, 5.41) is 0. The highest BCUT2D eigenvalue weighted by Gasteiger charge is 2.48. The molecule has 1 saturated carbocycles. The van der Waals surface area contributed by atoms with E-state index in [4.69, 9.17) is 9.47 Å². The lowest BCUT2D eigenvalue weighted by Gasteiger charge is -2.54. The van der Waals surface area contributed by atoms with E-state index in [1.807, 2.05) is 19.4 Å². The van der Waals surface area contributed by atoms with E-state index in [0.29, 0.717) is 0 Å². The molecule has 3 atom stereocenters. The highest BCUT2D eigenvalue weighted by molar-refractivity contribution is 5.46. The molecule has 5 nitrogen and oxygen atoms in total. The third-order valence-corrected chi connectivity index (χ3v) is 6.93. The number of hydrogen-bond donors (Lipinski definition) is 0. The third-order valence-electron chi connectivity index (χ3n) is 6.93. The lowest BCUT2D eigenvalue weighted by molar-refractivity contribution is -0.0540. The van der Waals surface area contributed by atoms with Crippen LogP contribution in [0, 0.1) is 18.3 Å². The van der Waals surface area contributed by atoms with Crippen LogP contribution in [-0.2, 0) is 9.47 Å². The van der Waals surface area contributed by atoms with E-state index < -0.39 is 0 Å². The molecule has 0 spiro atoms. The summed E-state index contributed by atoms with van der Waals surface area (Å²) < 4.78 is 11.3. The Hall–Kier alpha value is -1.17. The number of aromatic nitrogens is 1. The molecule has 1 aromatic heterocycles. The van der Waals surface area contributed by atoms with Crippen molar-refractivity contribution in [3.8, 4) is 0 Å². The van der Waals surface area contributed by atoms with Gasteiger partial charge in [0.1, 0.15) is 5.82 Å². The standard InChI is InChI=1S/C21H33N3O2/c1-17-4-3-8-22-20(17)24-9-6-18-14-19(23-10-12-26-13-11-23)5-7-21(18,15-24)16-25-2/h3-4,8,18-19H,5-7,9-16H2,1-2H3/t18-,19-,21+/m1/s1. The van der Waals surface area contributed by atoms with Crippen molar-refractivity contribution < 1.29 is 9.47 Å². The van der Waals surface area contributed by atoms with Crippen LogP contribution in [0.1, 0.15) is 31.2 Å². The zero-order valence-corrected chi connectivity index (χ0v) is 16.3. The van der Waals surface area contributed by atoms with Gasteiger partial charge in [0, 0.05) is 50.9 Å². The summed E-state index contributed by atoms with van der Waals surface area (Å²) >= 11 is 0. The Morgan fingerprint density at radius 1 is 1.27 bits per heavy atom. The van der Waals surface area contributed by atoms with Crippen molar-refractivity contribution in [1.82, 2.24) is 9.88 Å². The van der Waals surface area contributed by atoms with E-state index in [1.54, 1.807) is 0 Å². The van der Waals surface area contributed by atoms with Crippen LogP contribution in [0.15, 0.2) is 18.3 Å². The highest BCUT2D eigenvalue weighted by atomic mass is 16.5. The predicted octanol–water partition coefficient (Wildman–Crippen LogP) is 2.73. The number of hydrogen-bond acceptors (Lipinski definition) is 5. The molecule has 26 heavy (non-hydrogen) atoms. The third kappa shape index (κ3) is 3.49. The van der Waals surface area contributed by atoms with Gasteiger partial charge in [-0.05, 0) is 50.2 Å². The van der Waals surface area contributed by atoms with Gasteiger partial charge in [-0.1, -0.05) is 6.07 Å². The summed E-state index contributed by atoms with van der Waals surface area (Å²) in [6.07, 6.45) is 7.04. The van der Waals surface area contributed by atoms with E-state index in [9.17, 15) is 0 Å². The van der Waals surface area contributed by atoms with Crippen LogP contribution in [0.4, 0.5) is 5.82 Å². The zero-order chi connectivity index (χ0) is 18.0. The quantitative estimate of drug-likeness (QED) is 0.826. The Morgan fingerprint density at radius 3 is 2.88 bits per heavy atom. The van der Waals surface area contributed by atoms with Crippen molar-refractivity contribution in [2.75, 3.05) is 58.0 Å². The fraction of sp³-hybridized carbons (Fsp3) is 0.762. The van der Waals surface area contributed by atoms with Crippen molar-refractivity contribution in [3.63, 3.8) is 0 Å². The van der Waals surface area contributed by atoms with Gasteiger partial charge in [0.2, 0.25) is 0 Å². The first kappa shape index (κ1) is 18.2. The largest absolute Gasteiger partial charge is 0.384 e. The molecule has 1 aliphatic carbocycles. The van der Waals surface area contributed by atoms with Gasteiger partial charge in [-0.25, -0.2) is 4.98 Å². The smallest absolute Gasteiger partial charge is 0.131 e. The molecule has 0 amide bonds. The van der Waals surface area contributed by atoms with E-state index >= 15 is 0 Å². The molecular formula is C21H33N3O2. The maximum absolute atomic E-state index is 5.76. The molecule has 3 heterocycles. The minimum absolute atomic E-state index is 0.278. The fourth-order valence-electron chi connectivity index (χ4n) is 5.54. The second-order valence-electron chi connectivity index (χ2n) is 8.42. The monoisotopic (exact) mass is 359 g/mol. The van der Waals surface area contributed by atoms with Crippen LogP contribution >= 0.6 is 0 Å². The number of pyridine rings is 1. The molecule has 0 bridgehead atoms. The summed E-state index contributed by atoms with van der Waals surface area (Å²) in [4.78, 5) is 9.87. The topological polar surface area (TPSA) is 37.8 Å². The molecule has 2 saturated heterocycles. The Morgan fingerprint density at radius 2 is 2.12 bits per heavy atom. The van der Waals surface area contributed by atoms with Gasteiger partial charge in [-0.3, -0.25) is 4.90 Å². The Labute approximate surface area is 157 Å². The molecule has 2 aliphatic heterocycles. The van der Waals surface area contributed by atoms with Gasteiger partial charge in [0.25, 0.3) is 0 Å². The maximum atomic E-state index is 5.76. The molecule has 0 N–H and O–H groups in total. The maximum Gasteiger partial charge on any atom is 0.131 e. The lowest BCUT2D eigenvalue weighted by Crippen LogP contribution is -2.57. The van der Waals surface area contributed by atoms with Crippen LogP contribution in [0.25, 0.3) is 0 Å². The molecular weight excluding hydrogens is 326 g/mol. The van der Waals surface area contributed by atoms with Crippen LogP contribution in [0.5, 0.6) is 0 Å². The van der Waals surface area contributed by atoms with E-state index in [0.717, 1.165) is 63.8 Å². The van der Waals surface area contributed by atoms with Crippen LogP contribution in [0.2, 0.25) is 0 Å². The fourth-order valence-corrected chi connectivity index (χ4v) is 5.54. The molecule has 0 aromatic carbocycles. The number of fused-ring (bicyclic) bond motifs is 1. The van der Waals surface area contributed by atoms with Crippen LogP contribution < -0.4 is 4.90 Å². The number of nitrogens with zero attached hydrogens (tertiary/aromatic N) is 3. The number of aryl methyl sites for hydroxylation is 1. The Kier molecular flexibility index (Phi) is 5.48. The number of rotatable bonds is 4. The van der Waals surface area contributed by atoms with Crippen molar-refractivity contribution in [1.29, 1.82) is 0 Å². The van der Waals surface area contributed by atoms with Gasteiger partial charge in [-0.2, -0.15) is 0 Å². The van der Waals surface area contributed by atoms with Gasteiger partial charge < -0.3 is 14.4 Å². The van der Waals surface area contributed by atoms with Crippen LogP contribution in [0.3, 0.4) is 0 Å². The minimum atomic E-state index is 0.278. The number of ether oxygens (including phenoxy) is 2. The summed E-state index contributed by atoms with van der Waals surface area (Å²) in [5.74, 6) is 1.92. The summed E-state index contributed by atoms with van der Waals surface area (Å²) in [6.45, 7) is 9.25. The Balaban J connectivity index is 1.50. The second-order valence-corrected chi connectivity index (χ2v) is 8.42. The number of anilines is 1. The number of morpholine rings is 1. The molecule has 5 heteroatoms. The molecule has 1 aromatic rings. The Bertz CT molecular complexity index is 605. The summed E-state index contributed by atoms with van der Waals surface area (Å²) in [6, 6.07) is 4.94. The second kappa shape index (κ2) is 7.83. The molecule has 4 rings (SSSR count). The molecule has 3 fully saturated rings. The first-order chi connectivity index (χ1) is 12.7. The van der Waals surface area contributed by atoms with Crippen molar-refractivity contribution in [2.45, 2.75) is 38.6 Å². The summed E-state index contributed by atoms with van der Waals surface area (Å²) in [7, 11) is 1.87. The molecule has 3 aliphatic rings. The summed E-state index contributed by atoms with van der Waals surface area (Å²) in [5.41, 5.74) is 1.56. The van der Waals surface area contributed by atoms with Gasteiger partial charge in [0.15, 0.2) is 0 Å². The van der Waals surface area contributed by atoms with Gasteiger partial charge >= 0.3 is 0 Å². The predicted molar refractivity (Wildman–Crippen MR) is 104 cm³/mol. The first-order valence-corrected chi connectivity index (χ1v) is 10.2. The lowest BCUT2D eigenvalue weighted by atomic mass is 9.61. The average Bonchev–Trinajstić information content (AvgIpc) is 2.68. The van der Waals surface area contributed by atoms with Crippen LogP contribution in [-0.4, -0.2) is 69.0 Å². The molecule has 0 unspecified atom stereocenters. The normalized spacial score (nSPS) is 33.1. The van der Waals surface area contributed by atoms with E-state index in [2.05, 4.69) is 27.8 Å².